The minimum absolute atomic E-state index is 0.512. The quantitative estimate of drug-likeness (QED) is 0.113. The topological polar surface area (TPSA) is 178 Å². The predicted octanol–water partition coefficient (Wildman–Crippen LogP) is 28.3. The van der Waals surface area contributed by atoms with Gasteiger partial charge in [0, 0.05) is 119 Å². The van der Waals surface area contributed by atoms with Crippen molar-refractivity contribution in [2.45, 2.75) is 0 Å². The molecule has 15 nitrogen and oxygen atoms in total. The van der Waals surface area contributed by atoms with Crippen LogP contribution >= 0.6 is 11.3 Å². The van der Waals surface area contributed by atoms with E-state index in [1.165, 1.54) is 30.9 Å². The molecule has 0 fully saturated rings. The van der Waals surface area contributed by atoms with E-state index in [-0.39, 0.29) is 0 Å². The van der Waals surface area contributed by atoms with Gasteiger partial charge in [0.05, 0.1) is 33.4 Å². The zero-order chi connectivity index (χ0) is 82.9. The van der Waals surface area contributed by atoms with E-state index in [1.807, 2.05) is 224 Å². The third kappa shape index (κ3) is 12.1. The van der Waals surface area contributed by atoms with Crippen molar-refractivity contribution in [1.82, 2.24) is 59.0 Å². The van der Waals surface area contributed by atoms with Crippen LogP contribution < -0.4 is 0 Å². The maximum atomic E-state index is 6.48. The maximum absolute atomic E-state index is 6.48. The largest absolute Gasteiger partial charge is 0.456 e. The van der Waals surface area contributed by atoms with Crippen LogP contribution in [0.25, 0.3) is 255 Å². The van der Waals surface area contributed by atoms with Crippen molar-refractivity contribution in [3.63, 3.8) is 0 Å². The van der Waals surface area contributed by atoms with Gasteiger partial charge in [-0.05, 0) is 109 Å². The molecule has 10 heterocycles. The average molecular weight is 1630 g/mol. The van der Waals surface area contributed by atoms with Gasteiger partial charge in [0.1, 0.15) is 44.8 Å². The van der Waals surface area contributed by atoms with Crippen LogP contribution in [0.15, 0.2) is 401 Å². The van der Waals surface area contributed by atoms with Crippen molar-refractivity contribution >= 4 is 141 Å². The van der Waals surface area contributed by atoms with Crippen LogP contribution in [0.3, 0.4) is 0 Å². The van der Waals surface area contributed by atoms with E-state index in [9.17, 15) is 0 Å². The normalized spacial score (nSPS) is 11.8. The first-order valence-corrected chi connectivity index (χ1v) is 42.5. The molecular weight excluding hydrogens is 1570 g/mol. The Bertz CT molecular complexity index is 8230. The Morgan fingerprint density at radius 2 is 0.532 bits per heavy atom. The molecule has 16 heteroatoms. The molecule has 588 valence electrons. The molecule has 0 atom stereocenters. The third-order valence-corrected chi connectivity index (χ3v) is 24.9. The van der Waals surface area contributed by atoms with Gasteiger partial charge in [0.15, 0.2) is 57.8 Å². The van der Waals surface area contributed by atoms with Crippen molar-refractivity contribution in [3.05, 3.63) is 388 Å². The van der Waals surface area contributed by atoms with Crippen LogP contribution in [0.5, 0.6) is 0 Å². The Balaban J connectivity index is 0.000000137. The highest BCUT2D eigenvalue weighted by atomic mass is 32.1. The Kier molecular flexibility index (Phi) is 16.7. The summed E-state index contributed by atoms with van der Waals surface area (Å²) in [7, 11) is 0. The second kappa shape index (κ2) is 29.4. The predicted molar refractivity (Wildman–Crippen MR) is 509 cm³/mol. The monoisotopic (exact) mass is 1630 g/mol. The van der Waals surface area contributed by atoms with E-state index in [1.54, 1.807) is 0 Å². The minimum atomic E-state index is 0.512. The highest BCUT2D eigenvalue weighted by Crippen LogP contribution is 2.47. The van der Waals surface area contributed by atoms with Gasteiger partial charge in [-0.1, -0.05) is 279 Å². The molecule has 0 amide bonds. The van der Waals surface area contributed by atoms with Gasteiger partial charge in [0.25, 0.3) is 0 Å². The smallest absolute Gasteiger partial charge is 0.180 e. The first-order valence-electron chi connectivity index (χ1n) is 41.7. The zero-order valence-electron chi connectivity index (χ0n) is 66.9. The molecule has 0 saturated heterocycles. The number of benzene rings is 16. The van der Waals surface area contributed by atoms with Crippen molar-refractivity contribution in [1.29, 1.82) is 0 Å². The Morgan fingerprint density at radius 1 is 0.190 bits per heavy atom. The van der Waals surface area contributed by atoms with Gasteiger partial charge in [-0.15, -0.1) is 11.3 Å². The number of fused-ring (bicyclic) bond motifs is 18. The summed E-state index contributed by atoms with van der Waals surface area (Å²) in [6.07, 6.45) is 0. The van der Waals surface area contributed by atoms with Gasteiger partial charge in [-0.25, -0.2) is 49.8 Å². The number of rotatable bonds is 12. The fourth-order valence-electron chi connectivity index (χ4n) is 17.9. The molecule has 16 aromatic carbocycles. The summed E-state index contributed by atoms with van der Waals surface area (Å²) >= 11 is 1.83. The molecule has 0 radical (unpaired) electrons. The molecule has 10 aromatic heterocycles. The van der Waals surface area contributed by atoms with Crippen molar-refractivity contribution in [2.75, 3.05) is 0 Å². The minimum Gasteiger partial charge on any atom is -0.456 e. The number of hydrogen-bond donors (Lipinski definition) is 0. The first-order chi connectivity index (χ1) is 62.4. The average Bonchev–Trinajstić information content (AvgIpc) is 1.47. The molecule has 126 heavy (non-hydrogen) atoms. The van der Waals surface area contributed by atoms with E-state index in [0.717, 1.165) is 160 Å². The Hall–Kier alpha value is -17.1. The summed E-state index contributed by atoms with van der Waals surface area (Å²) in [4.78, 5) is 52.4. The lowest BCUT2D eigenvalue weighted by Crippen LogP contribution is -2.04. The van der Waals surface area contributed by atoms with Gasteiger partial charge in [-0.3, -0.25) is 0 Å². The van der Waals surface area contributed by atoms with Gasteiger partial charge < -0.3 is 22.4 Å². The van der Waals surface area contributed by atoms with Crippen molar-refractivity contribution < 1.29 is 13.3 Å². The fraction of sp³-hybridized carbons (Fsp3) is 0. The summed E-state index contributed by atoms with van der Waals surface area (Å²) in [5.74, 6) is 4.46. The summed E-state index contributed by atoms with van der Waals surface area (Å²) in [6.45, 7) is 0. The third-order valence-electron chi connectivity index (χ3n) is 23.7. The molecular formula is C110H64N12O3S. The van der Waals surface area contributed by atoms with Crippen LogP contribution in [0, 0.1) is 0 Å². The number of nitrogens with zero attached hydrogens (tertiary/aromatic N) is 12. The summed E-state index contributed by atoms with van der Waals surface area (Å²) in [5, 5.41) is 11.0. The van der Waals surface area contributed by atoms with Gasteiger partial charge >= 0.3 is 0 Å². The second-order valence-electron chi connectivity index (χ2n) is 31.2. The van der Waals surface area contributed by atoms with Gasteiger partial charge in [0.2, 0.25) is 0 Å². The van der Waals surface area contributed by atoms with E-state index in [4.69, 9.17) is 63.1 Å². The lowest BCUT2D eigenvalue weighted by Gasteiger charge is -2.16. The number of hydrogen-bond acceptors (Lipinski definition) is 14. The maximum Gasteiger partial charge on any atom is 0.180 e. The van der Waals surface area contributed by atoms with E-state index in [2.05, 4.69) is 185 Å². The zero-order valence-corrected chi connectivity index (χ0v) is 67.8. The van der Waals surface area contributed by atoms with Crippen molar-refractivity contribution in [3.8, 4) is 125 Å². The van der Waals surface area contributed by atoms with Crippen LogP contribution in [0.4, 0.5) is 0 Å². The van der Waals surface area contributed by atoms with Crippen LogP contribution in [-0.4, -0.2) is 59.0 Å². The number of para-hydroxylation sites is 5. The number of aromatic nitrogens is 12. The fourth-order valence-corrected chi connectivity index (χ4v) is 19.0. The summed E-state index contributed by atoms with van der Waals surface area (Å²) in [6, 6.07) is 133. The summed E-state index contributed by atoms with van der Waals surface area (Å²) < 4.78 is 26.6. The Morgan fingerprint density at radius 3 is 0.976 bits per heavy atom. The van der Waals surface area contributed by atoms with Crippen LogP contribution in [-0.2, 0) is 0 Å². The molecule has 0 aliphatic carbocycles. The molecule has 0 saturated carbocycles. The van der Waals surface area contributed by atoms with Crippen LogP contribution in [0.1, 0.15) is 0 Å². The molecule has 0 aliphatic heterocycles. The van der Waals surface area contributed by atoms with E-state index < -0.39 is 0 Å². The molecule has 0 aliphatic rings. The molecule has 0 bridgehead atoms. The molecule has 26 rings (SSSR count). The van der Waals surface area contributed by atoms with E-state index in [0.29, 0.717) is 63.5 Å². The van der Waals surface area contributed by atoms with Crippen molar-refractivity contribution in [2.24, 2.45) is 0 Å². The molecule has 26 aromatic rings. The number of furan rings is 3. The second-order valence-corrected chi connectivity index (χ2v) is 32.3. The molecule has 0 N–H and O–H groups in total. The highest BCUT2D eigenvalue weighted by Gasteiger charge is 2.28. The first kappa shape index (κ1) is 71.8. The van der Waals surface area contributed by atoms with Crippen LogP contribution in [0.2, 0.25) is 0 Å². The Labute approximate surface area is 721 Å². The lowest BCUT2D eigenvalue weighted by molar-refractivity contribution is 0.667. The summed E-state index contributed by atoms with van der Waals surface area (Å²) in [5.41, 5.74) is 22.1. The lowest BCUT2D eigenvalue weighted by atomic mass is 10.0. The number of thiophene rings is 1. The molecule has 0 unspecified atom stereocenters. The van der Waals surface area contributed by atoms with E-state index >= 15 is 0 Å². The molecule has 0 spiro atoms. The standard InChI is InChI=1S/C55H32N6O2.C55H32N6OS/c1-4-16-33(17-5-1)49-51-50(39-24-12-15-27-47(39)63-51)57-54(56-49)36-28-29-44(42(30-36)55-59-52(34-18-6-2-7-19-34)58-53(60-55)35-20-8-3-9-21-35)61-43-25-13-10-22-37(43)40-32-48-41(31-45(40)61)38-23-11-14-26-46(38)62-48;1-4-16-33(17-5-1)49-51-50(39-24-11-14-26-46(39)62-51)57-54(56-49)36-28-29-44(42(30-36)55-59-52(34-18-6-2-7-19-34)58-53(60-55)35-20-8-3-9-21-35)61-43-25-13-10-22-37(43)40-32-48-41(31-45(40)61)38-23-12-15-27-47(38)63-48/h2*1-32H. The SMILES string of the molecule is c1ccc(-c2nc(-c3ccccc3)nc(-c3cc(-c4nc(-c5ccccc5)c5oc6ccccc6c5n4)ccc3-n3c4ccccc4c4cc5oc6ccccc6c5cc43)n2)cc1.c1ccc(-c2nc(-c3ccccc3)nc(-c3cc(-c4nc(-c5ccccc5)c5oc6ccccc6c5n4)ccc3-n3c4ccccc4c4cc5sc6ccccc6c5cc43)n2)cc1. The highest BCUT2D eigenvalue weighted by molar-refractivity contribution is 7.25. The van der Waals surface area contributed by atoms with Gasteiger partial charge in [-0.2, -0.15) is 0 Å².